The van der Waals surface area contributed by atoms with Gasteiger partial charge in [-0.1, -0.05) is 6.08 Å². The van der Waals surface area contributed by atoms with E-state index in [4.69, 9.17) is 5.26 Å². The molecule has 1 aliphatic heterocycles. The molecule has 3 nitrogen and oxygen atoms in total. The average molecular weight is 197 g/mol. The smallest absolute Gasteiger partial charge is 0.101 e. The third-order valence-corrected chi connectivity index (χ3v) is 3.25. The molecule has 1 aromatic heterocycles. The highest BCUT2D eigenvalue weighted by molar-refractivity contribution is 5.73. The molecule has 1 N–H and O–H groups in total. The summed E-state index contributed by atoms with van der Waals surface area (Å²) in [7, 11) is 0. The molecule has 2 unspecified atom stereocenters. The van der Waals surface area contributed by atoms with Gasteiger partial charge in [0.1, 0.15) is 6.07 Å². The highest BCUT2D eigenvalue weighted by Gasteiger charge is 2.37. The number of pyridine rings is 1. The molecule has 3 rings (SSSR count). The Morgan fingerprint density at radius 2 is 2.40 bits per heavy atom. The molecule has 0 spiro atoms. The zero-order valence-corrected chi connectivity index (χ0v) is 8.27. The maximum absolute atomic E-state index is 8.81. The van der Waals surface area contributed by atoms with Crippen LogP contribution in [0.3, 0.4) is 0 Å². The number of nitrogens with one attached hydrogen (secondary N) is 1. The van der Waals surface area contributed by atoms with Crippen LogP contribution in [0.1, 0.15) is 17.5 Å². The van der Waals surface area contributed by atoms with Crippen molar-refractivity contribution < 1.29 is 0 Å². The minimum atomic E-state index is 0.501. The van der Waals surface area contributed by atoms with E-state index in [0.29, 0.717) is 11.6 Å². The number of nitriles is 1. The van der Waals surface area contributed by atoms with Gasteiger partial charge >= 0.3 is 0 Å². The lowest BCUT2D eigenvalue weighted by Crippen LogP contribution is -2.50. The Kier molecular flexibility index (Phi) is 1.83. The minimum Gasteiger partial charge on any atom is -0.309 e. The first-order valence-electron chi connectivity index (χ1n) is 5.17. The van der Waals surface area contributed by atoms with E-state index in [9.17, 15) is 0 Å². The summed E-state index contributed by atoms with van der Waals surface area (Å²) in [6.45, 7) is 1.12. The topological polar surface area (TPSA) is 48.7 Å². The molecule has 1 aromatic rings. The van der Waals surface area contributed by atoms with Gasteiger partial charge in [-0.2, -0.15) is 5.26 Å². The van der Waals surface area contributed by atoms with Gasteiger partial charge in [0.05, 0.1) is 5.56 Å². The van der Waals surface area contributed by atoms with E-state index in [0.717, 1.165) is 24.4 Å². The zero-order valence-electron chi connectivity index (χ0n) is 8.27. The second kappa shape index (κ2) is 3.18. The van der Waals surface area contributed by atoms with Crippen LogP contribution in [0.2, 0.25) is 0 Å². The molecule has 1 fully saturated rings. The van der Waals surface area contributed by atoms with Crippen molar-refractivity contribution in [3.05, 3.63) is 35.7 Å². The third kappa shape index (κ3) is 1.26. The Bertz CT molecular complexity index is 470. The second-order valence-corrected chi connectivity index (χ2v) is 4.12. The standard InChI is InChI=1S/C12H11N3/c13-4-8-3-10(6-14-5-8)11-2-1-9-7-15-12(9)11/h2-3,5-6,9,12,15H,1,7H2. The van der Waals surface area contributed by atoms with Crippen molar-refractivity contribution in [2.75, 3.05) is 6.54 Å². The lowest BCUT2D eigenvalue weighted by Gasteiger charge is -2.34. The summed E-state index contributed by atoms with van der Waals surface area (Å²) < 4.78 is 0. The first-order valence-corrected chi connectivity index (χ1v) is 5.17. The van der Waals surface area contributed by atoms with E-state index in [1.807, 2.05) is 12.3 Å². The number of hydrogen-bond acceptors (Lipinski definition) is 3. The monoisotopic (exact) mass is 197 g/mol. The number of aromatic nitrogens is 1. The Hall–Kier alpha value is -1.66. The molecule has 0 amide bonds. The second-order valence-electron chi connectivity index (χ2n) is 4.12. The van der Waals surface area contributed by atoms with E-state index in [1.165, 1.54) is 5.57 Å². The summed E-state index contributed by atoms with van der Waals surface area (Å²) in [6.07, 6.45) is 6.87. The van der Waals surface area contributed by atoms with Crippen molar-refractivity contribution in [2.24, 2.45) is 5.92 Å². The Morgan fingerprint density at radius 1 is 1.47 bits per heavy atom. The van der Waals surface area contributed by atoms with Gasteiger partial charge in [0.25, 0.3) is 0 Å². The van der Waals surface area contributed by atoms with Gasteiger partial charge in [0, 0.05) is 25.0 Å². The van der Waals surface area contributed by atoms with Crippen LogP contribution in [-0.4, -0.2) is 17.6 Å². The fourth-order valence-electron chi connectivity index (χ4n) is 2.35. The van der Waals surface area contributed by atoms with Crippen LogP contribution in [0, 0.1) is 17.2 Å². The van der Waals surface area contributed by atoms with Crippen molar-refractivity contribution in [1.29, 1.82) is 5.26 Å². The largest absolute Gasteiger partial charge is 0.309 e. The fourth-order valence-corrected chi connectivity index (χ4v) is 2.35. The number of allylic oxidation sites excluding steroid dienone is 1. The average Bonchev–Trinajstić information content (AvgIpc) is 2.54. The summed E-state index contributed by atoms with van der Waals surface area (Å²) >= 11 is 0. The van der Waals surface area contributed by atoms with Crippen molar-refractivity contribution in [1.82, 2.24) is 10.3 Å². The Labute approximate surface area is 88.4 Å². The molecule has 0 bridgehead atoms. The highest BCUT2D eigenvalue weighted by Crippen LogP contribution is 2.37. The molecular weight excluding hydrogens is 186 g/mol. The lowest BCUT2D eigenvalue weighted by atomic mass is 9.89. The summed E-state index contributed by atoms with van der Waals surface area (Å²) in [6, 6.07) is 4.54. The fraction of sp³-hybridized carbons (Fsp3) is 0.333. The molecule has 0 aromatic carbocycles. The van der Waals surface area contributed by atoms with Gasteiger partial charge < -0.3 is 5.32 Å². The molecular formula is C12H11N3. The van der Waals surface area contributed by atoms with Crippen LogP contribution in [0.25, 0.3) is 5.57 Å². The number of rotatable bonds is 1. The highest BCUT2D eigenvalue weighted by atomic mass is 15.0. The molecule has 2 atom stereocenters. The number of nitrogens with zero attached hydrogens (tertiary/aromatic N) is 2. The van der Waals surface area contributed by atoms with E-state index in [-0.39, 0.29) is 0 Å². The first kappa shape index (κ1) is 8.63. The summed E-state index contributed by atoms with van der Waals surface area (Å²) in [5, 5.41) is 12.2. The van der Waals surface area contributed by atoms with Gasteiger partial charge in [0.15, 0.2) is 0 Å². The van der Waals surface area contributed by atoms with Crippen molar-refractivity contribution in [2.45, 2.75) is 12.5 Å². The predicted molar refractivity (Wildman–Crippen MR) is 56.8 cm³/mol. The quantitative estimate of drug-likeness (QED) is 0.738. The van der Waals surface area contributed by atoms with Gasteiger partial charge in [-0.15, -0.1) is 0 Å². The van der Waals surface area contributed by atoms with Gasteiger partial charge in [-0.3, -0.25) is 4.98 Å². The normalized spacial score (nSPS) is 27.5. The maximum atomic E-state index is 8.81. The SMILES string of the molecule is N#Cc1cncc(C2=CCC3CNC23)c1. The Morgan fingerprint density at radius 3 is 3.07 bits per heavy atom. The van der Waals surface area contributed by atoms with Crippen LogP contribution in [0.5, 0.6) is 0 Å². The number of hydrogen-bond donors (Lipinski definition) is 1. The van der Waals surface area contributed by atoms with E-state index in [1.54, 1.807) is 6.20 Å². The number of fused-ring (bicyclic) bond motifs is 1. The van der Waals surface area contributed by atoms with Gasteiger partial charge in [0.2, 0.25) is 0 Å². The Balaban J connectivity index is 1.96. The van der Waals surface area contributed by atoms with Crippen molar-refractivity contribution >= 4 is 5.57 Å². The molecule has 74 valence electrons. The summed E-state index contributed by atoms with van der Waals surface area (Å²) in [5.74, 6) is 0.769. The molecule has 0 radical (unpaired) electrons. The molecule has 2 aliphatic rings. The summed E-state index contributed by atoms with van der Waals surface area (Å²) in [5.41, 5.74) is 3.04. The third-order valence-electron chi connectivity index (χ3n) is 3.25. The van der Waals surface area contributed by atoms with Gasteiger partial charge in [-0.25, -0.2) is 0 Å². The van der Waals surface area contributed by atoms with Crippen molar-refractivity contribution in [3.8, 4) is 6.07 Å². The van der Waals surface area contributed by atoms with Crippen LogP contribution in [-0.2, 0) is 0 Å². The molecule has 1 saturated heterocycles. The van der Waals surface area contributed by atoms with E-state index in [2.05, 4.69) is 22.4 Å². The van der Waals surface area contributed by atoms with E-state index < -0.39 is 0 Å². The summed E-state index contributed by atoms with van der Waals surface area (Å²) in [4.78, 5) is 4.09. The lowest BCUT2D eigenvalue weighted by molar-refractivity contribution is 0.307. The maximum Gasteiger partial charge on any atom is 0.101 e. The van der Waals surface area contributed by atoms with Crippen molar-refractivity contribution in [3.63, 3.8) is 0 Å². The molecule has 0 saturated carbocycles. The van der Waals surface area contributed by atoms with Crippen LogP contribution < -0.4 is 5.32 Å². The minimum absolute atomic E-state index is 0.501. The van der Waals surface area contributed by atoms with E-state index >= 15 is 0 Å². The first-order chi connectivity index (χ1) is 7.38. The van der Waals surface area contributed by atoms with Crippen LogP contribution in [0.15, 0.2) is 24.5 Å². The molecule has 15 heavy (non-hydrogen) atoms. The van der Waals surface area contributed by atoms with Crippen LogP contribution >= 0.6 is 0 Å². The predicted octanol–water partition coefficient (Wildman–Crippen LogP) is 1.33. The molecule has 2 heterocycles. The molecule has 3 heteroatoms. The van der Waals surface area contributed by atoms with Crippen LogP contribution in [0.4, 0.5) is 0 Å². The molecule has 1 aliphatic carbocycles. The zero-order chi connectivity index (χ0) is 10.3. The van der Waals surface area contributed by atoms with Gasteiger partial charge in [-0.05, 0) is 29.5 Å².